The fraction of sp³-hybridized carbons (Fsp3) is 0.333. The smallest absolute Gasteiger partial charge is 0.260 e. The Kier molecular flexibility index (Phi) is 10.1. The summed E-state index contributed by atoms with van der Waals surface area (Å²) in [6, 6.07) is 24.2. The average molecular weight is 838 g/mol. The maximum absolute atomic E-state index is 15.6. The fourth-order valence-corrected chi connectivity index (χ4v) is 10.6. The van der Waals surface area contributed by atoms with E-state index in [1.54, 1.807) is 73.7 Å². The number of para-hydroxylation sites is 1. The zero-order chi connectivity index (χ0) is 41.2. The van der Waals surface area contributed by atoms with Crippen LogP contribution in [0.15, 0.2) is 96.6 Å². The molecular formula is C45H42Cl2N4O8. The van der Waals surface area contributed by atoms with E-state index in [0.29, 0.717) is 46.4 Å². The second kappa shape index (κ2) is 15.2. The Bertz CT molecular complexity index is 2380. The Hall–Kier alpha value is -5.56. The van der Waals surface area contributed by atoms with Gasteiger partial charge in [0.1, 0.15) is 5.75 Å². The number of hydrazine groups is 1. The third kappa shape index (κ3) is 6.14. The van der Waals surface area contributed by atoms with E-state index >= 15 is 9.59 Å². The van der Waals surface area contributed by atoms with Crippen LogP contribution in [0.1, 0.15) is 36.8 Å². The lowest BCUT2D eigenvalue weighted by Gasteiger charge is -2.50. The second-order valence-electron chi connectivity index (χ2n) is 15.5. The Morgan fingerprint density at radius 2 is 1.61 bits per heavy atom. The first-order valence-electron chi connectivity index (χ1n) is 19.8. The molecule has 4 aromatic rings. The number of methoxy groups -OCH3 is 1. The third-order valence-electron chi connectivity index (χ3n) is 12.7. The van der Waals surface area contributed by atoms with Crippen molar-refractivity contribution in [3.05, 3.63) is 118 Å². The number of morpholine rings is 1. The van der Waals surface area contributed by atoms with Crippen molar-refractivity contribution in [2.75, 3.05) is 55.2 Å². The van der Waals surface area contributed by atoms with Gasteiger partial charge < -0.3 is 24.2 Å². The molecule has 12 nitrogen and oxygen atoms in total. The van der Waals surface area contributed by atoms with Crippen LogP contribution >= 0.6 is 23.2 Å². The number of ether oxygens (including phenoxy) is 3. The highest BCUT2D eigenvalue weighted by Gasteiger charge is 2.70. The molecule has 0 spiro atoms. The van der Waals surface area contributed by atoms with E-state index in [1.165, 1.54) is 18.1 Å². The Labute approximate surface area is 351 Å². The maximum atomic E-state index is 15.6. The molecule has 5 aliphatic rings. The number of halogens is 2. The van der Waals surface area contributed by atoms with Crippen LogP contribution in [0.5, 0.6) is 17.2 Å². The molecule has 0 bridgehead atoms. The number of aromatic hydroxyl groups is 1. The molecule has 0 aromatic heterocycles. The Morgan fingerprint density at radius 1 is 0.881 bits per heavy atom. The zero-order valence-corrected chi connectivity index (χ0v) is 33.9. The number of nitrogens with one attached hydrogen (secondary N) is 1. The first kappa shape index (κ1) is 38.9. The highest BCUT2D eigenvalue weighted by molar-refractivity contribution is 6.36. The molecule has 3 saturated heterocycles. The second-order valence-corrected chi connectivity index (χ2v) is 16.3. The van der Waals surface area contributed by atoms with Crippen molar-refractivity contribution in [2.45, 2.75) is 31.1 Å². The fourth-order valence-electron chi connectivity index (χ4n) is 10.1. The molecule has 2 N–H and O–H groups in total. The molecule has 14 heteroatoms. The van der Waals surface area contributed by atoms with E-state index in [-0.39, 0.29) is 53.5 Å². The molecule has 4 fully saturated rings. The summed E-state index contributed by atoms with van der Waals surface area (Å²) in [5, 5.41) is 13.6. The van der Waals surface area contributed by atoms with Gasteiger partial charge in [-0.05, 0) is 91.9 Å². The molecule has 1 saturated carbocycles. The van der Waals surface area contributed by atoms with Gasteiger partial charge in [-0.3, -0.25) is 29.5 Å². The SMILES string of the molecule is CCOc1cccc([C@H]2C3=CC[C@@H]4C(=O)N(c5ccc(N6CCOCC6)cc5)C(=O)[C@@H]4[C@@H]3C[C@H]3C(=O)N(Nc4ccc(Cl)cc4Cl)C(=O)[C@@]23c2ccc(OC)cc2)c1O. The first-order chi connectivity index (χ1) is 28.6. The molecule has 304 valence electrons. The lowest BCUT2D eigenvalue weighted by atomic mass is 9.49. The molecule has 2 aliphatic carbocycles. The molecule has 4 aromatic carbocycles. The minimum absolute atomic E-state index is 0.0708. The van der Waals surface area contributed by atoms with E-state index < -0.39 is 46.8 Å². The number of anilines is 3. The minimum atomic E-state index is -1.65. The van der Waals surface area contributed by atoms with Crippen LogP contribution in [0.3, 0.4) is 0 Å². The number of nitrogens with zero attached hydrogens (tertiary/aromatic N) is 3. The van der Waals surface area contributed by atoms with E-state index in [1.807, 2.05) is 18.2 Å². The van der Waals surface area contributed by atoms with Gasteiger partial charge in [-0.1, -0.05) is 59.1 Å². The standard InChI is InChI=1S/C45H42Cl2N4O8/c1-3-59-37-6-4-5-32(40(37)52)39-30-16-17-31-38(43(55)50(41(31)53)28-12-10-27(11-13-28)49-19-21-58-22-20-49)33(30)24-34-42(54)51(48-36-18-9-26(46)23-35(36)47)44(56)45(34,39)25-7-14-29(57-2)15-8-25/h4-16,18,23,31,33-34,38-39,48,52H,3,17,19-22,24H2,1-2H3/t31-,33+,34-,38-,39+,45+/m0/s1. The van der Waals surface area contributed by atoms with E-state index in [9.17, 15) is 14.7 Å². The van der Waals surface area contributed by atoms with Gasteiger partial charge in [-0.2, -0.15) is 5.01 Å². The van der Waals surface area contributed by atoms with Crippen molar-refractivity contribution >= 4 is 63.9 Å². The number of hydrogen-bond donors (Lipinski definition) is 2. The molecule has 0 unspecified atom stereocenters. The number of imide groups is 2. The molecular weight excluding hydrogens is 795 g/mol. The van der Waals surface area contributed by atoms with Crippen molar-refractivity contribution in [1.29, 1.82) is 0 Å². The van der Waals surface area contributed by atoms with E-state index in [4.69, 9.17) is 37.4 Å². The summed E-state index contributed by atoms with van der Waals surface area (Å²) in [4.78, 5) is 63.3. The number of fused-ring (bicyclic) bond motifs is 4. The van der Waals surface area contributed by atoms with Gasteiger partial charge in [0, 0.05) is 35.3 Å². The lowest BCUT2D eigenvalue weighted by molar-refractivity contribution is -0.138. The number of phenols is 1. The monoisotopic (exact) mass is 836 g/mol. The van der Waals surface area contributed by atoms with Crippen molar-refractivity contribution in [2.24, 2.45) is 23.7 Å². The van der Waals surface area contributed by atoms with Crippen LogP contribution in [0, 0.1) is 23.7 Å². The van der Waals surface area contributed by atoms with Crippen molar-refractivity contribution in [1.82, 2.24) is 5.01 Å². The third-order valence-corrected chi connectivity index (χ3v) is 13.3. The van der Waals surface area contributed by atoms with Crippen LogP contribution < -0.4 is 24.7 Å². The number of carbonyl (C=O) groups excluding carboxylic acids is 4. The normalized spacial score (nSPS) is 26.3. The Balaban J connectivity index is 1.19. The largest absolute Gasteiger partial charge is 0.504 e. The highest BCUT2D eigenvalue weighted by Crippen LogP contribution is 2.65. The van der Waals surface area contributed by atoms with Crippen molar-refractivity contribution in [3.8, 4) is 17.2 Å². The summed E-state index contributed by atoms with van der Waals surface area (Å²) < 4.78 is 16.9. The number of allylic oxidation sites excluding steroid dienone is 2. The van der Waals surface area contributed by atoms with Gasteiger partial charge in [-0.15, -0.1) is 0 Å². The van der Waals surface area contributed by atoms with Gasteiger partial charge in [-0.25, -0.2) is 0 Å². The summed E-state index contributed by atoms with van der Waals surface area (Å²) in [7, 11) is 1.54. The quantitative estimate of drug-likeness (QED) is 0.132. The molecule has 9 rings (SSSR count). The van der Waals surface area contributed by atoms with Gasteiger partial charge in [0.15, 0.2) is 11.5 Å². The predicted octanol–water partition coefficient (Wildman–Crippen LogP) is 7.13. The number of hydrogen-bond acceptors (Lipinski definition) is 10. The summed E-state index contributed by atoms with van der Waals surface area (Å²) in [6.07, 6.45) is 2.24. The van der Waals surface area contributed by atoms with Crippen LogP contribution in [0.4, 0.5) is 17.1 Å². The maximum Gasteiger partial charge on any atom is 0.260 e. The lowest BCUT2D eigenvalue weighted by Crippen LogP contribution is -2.53. The number of phenolic OH excluding ortho intramolecular Hbond substituents is 1. The van der Waals surface area contributed by atoms with Gasteiger partial charge in [0.2, 0.25) is 11.8 Å². The molecule has 0 radical (unpaired) electrons. The number of rotatable bonds is 9. The molecule has 3 heterocycles. The van der Waals surface area contributed by atoms with Crippen LogP contribution in [0.25, 0.3) is 0 Å². The van der Waals surface area contributed by atoms with Crippen molar-refractivity contribution in [3.63, 3.8) is 0 Å². The summed E-state index contributed by atoms with van der Waals surface area (Å²) in [5.74, 6) is -5.43. The molecule has 4 amide bonds. The topological polar surface area (TPSA) is 138 Å². The van der Waals surface area contributed by atoms with Crippen LogP contribution in [-0.4, -0.2) is 73.8 Å². The summed E-state index contributed by atoms with van der Waals surface area (Å²) in [5.41, 5.74) is 4.63. The van der Waals surface area contributed by atoms with Crippen LogP contribution in [0.2, 0.25) is 10.0 Å². The highest BCUT2D eigenvalue weighted by atomic mass is 35.5. The molecule has 3 aliphatic heterocycles. The number of carbonyl (C=O) groups is 4. The molecule has 59 heavy (non-hydrogen) atoms. The number of benzene rings is 4. The van der Waals surface area contributed by atoms with Gasteiger partial charge in [0.25, 0.3) is 11.8 Å². The molecule has 6 atom stereocenters. The first-order valence-corrected chi connectivity index (χ1v) is 20.5. The van der Waals surface area contributed by atoms with E-state index in [2.05, 4.69) is 10.3 Å². The van der Waals surface area contributed by atoms with Crippen molar-refractivity contribution < 1.29 is 38.5 Å². The summed E-state index contributed by atoms with van der Waals surface area (Å²) >= 11 is 12.8. The zero-order valence-electron chi connectivity index (χ0n) is 32.4. The minimum Gasteiger partial charge on any atom is -0.504 e. The van der Waals surface area contributed by atoms with Gasteiger partial charge in [0.05, 0.1) is 66.5 Å². The predicted molar refractivity (Wildman–Crippen MR) is 222 cm³/mol. The van der Waals surface area contributed by atoms with Crippen LogP contribution in [-0.2, 0) is 29.3 Å². The number of amides is 4. The Morgan fingerprint density at radius 3 is 2.31 bits per heavy atom. The van der Waals surface area contributed by atoms with E-state index in [0.717, 1.165) is 23.8 Å². The van der Waals surface area contributed by atoms with Gasteiger partial charge >= 0.3 is 0 Å². The average Bonchev–Trinajstić information content (AvgIpc) is 3.63. The summed E-state index contributed by atoms with van der Waals surface area (Å²) in [6.45, 7) is 4.79.